The molecule has 0 spiro atoms. The summed E-state index contributed by atoms with van der Waals surface area (Å²) in [6.07, 6.45) is 46.6. The molecule has 668 valence electrons. The number of unbranched alkanes of at least 4 members (excludes halogenated alkanes) is 20. The predicted octanol–water partition coefficient (Wildman–Crippen LogP) is 38.2. The normalized spacial score (nSPS) is 18.3. The zero-order valence-electron chi connectivity index (χ0n) is 81.2. The van der Waals surface area contributed by atoms with E-state index in [9.17, 15) is 0 Å². The van der Waals surface area contributed by atoms with E-state index < -0.39 is 0 Å². The zero-order chi connectivity index (χ0) is 89.1. The Morgan fingerprint density at radius 1 is 0.269 bits per heavy atom. The SMILES string of the molecule is CCCCCCCC1(CCCCCCC)c2ccccc2-c2ccc(-c3ccc4c(c3)C(C)(C)c3cc(N(c5ccc6c(c5)C(C)(C)c5cc7c(cc5-6)C(C)(C)c5ccc6c(c5-7)-c5ccccc5C6)c5ccc6c(c5)C5(CCCCCCC)CCC(CCCCC)(CCCCC)CCC7(CCCCCCC)c8ccccc8-c8c7c5c-6c5oc6ccccc6c85)ccc3-4)cc21. The molecule has 130 heavy (non-hydrogen) atoms. The third-order valence-electron chi connectivity index (χ3n) is 35.3. The average Bonchev–Trinajstić information content (AvgIpc) is 1.48. The number of para-hydroxylation sites is 1. The molecule has 8 aliphatic rings. The van der Waals surface area contributed by atoms with E-state index in [-0.39, 0.29) is 37.9 Å². The molecule has 0 saturated carbocycles. The highest BCUT2D eigenvalue weighted by Gasteiger charge is 2.57. The first-order valence-corrected chi connectivity index (χ1v) is 52.6. The molecule has 12 aromatic carbocycles. The first-order valence-electron chi connectivity index (χ1n) is 52.6. The van der Waals surface area contributed by atoms with Crippen molar-refractivity contribution in [3.63, 3.8) is 0 Å². The summed E-state index contributed by atoms with van der Waals surface area (Å²) < 4.78 is 7.82. The molecule has 2 nitrogen and oxygen atoms in total. The van der Waals surface area contributed by atoms with E-state index in [1.165, 1.54) is 380 Å². The molecule has 0 radical (unpaired) electrons. The fourth-order valence-electron chi connectivity index (χ4n) is 28.3. The van der Waals surface area contributed by atoms with Crippen LogP contribution in [0.5, 0.6) is 0 Å². The summed E-state index contributed by atoms with van der Waals surface area (Å²) in [5.74, 6) is 0. The number of fused-ring (bicyclic) bond motifs is 27. The minimum atomic E-state index is -0.315. The maximum Gasteiger partial charge on any atom is 0.144 e. The van der Waals surface area contributed by atoms with Crippen LogP contribution in [0.3, 0.4) is 0 Å². The van der Waals surface area contributed by atoms with Gasteiger partial charge in [-0.3, -0.25) is 0 Å². The molecule has 1 aromatic heterocycles. The quantitative estimate of drug-likeness (QED) is 0.0364. The Morgan fingerprint density at radius 3 is 1.29 bits per heavy atom. The van der Waals surface area contributed by atoms with Crippen LogP contribution in [0, 0.1) is 5.41 Å². The first-order chi connectivity index (χ1) is 63.4. The van der Waals surface area contributed by atoms with Crippen LogP contribution in [-0.2, 0) is 38.9 Å². The average molecular weight is 1710 g/mol. The van der Waals surface area contributed by atoms with E-state index in [1.54, 1.807) is 33.4 Å². The smallest absolute Gasteiger partial charge is 0.144 e. The Balaban J connectivity index is 0.760. The van der Waals surface area contributed by atoms with Gasteiger partial charge in [0, 0.05) is 65.9 Å². The van der Waals surface area contributed by atoms with Gasteiger partial charge in [0.15, 0.2) is 0 Å². The van der Waals surface area contributed by atoms with Crippen LogP contribution in [0.1, 0.15) is 392 Å². The number of furan rings is 1. The monoisotopic (exact) mass is 1710 g/mol. The van der Waals surface area contributed by atoms with Crippen LogP contribution >= 0.6 is 0 Å². The molecule has 2 atom stereocenters. The second-order valence-corrected chi connectivity index (χ2v) is 43.9. The topological polar surface area (TPSA) is 16.4 Å². The number of hydrogen-bond acceptors (Lipinski definition) is 2. The molecule has 2 heteroatoms. The summed E-state index contributed by atoms with van der Waals surface area (Å²) in [6.45, 7) is 29.6. The number of benzene rings is 12. The lowest BCUT2D eigenvalue weighted by molar-refractivity contribution is 0.154. The van der Waals surface area contributed by atoms with Crippen LogP contribution < -0.4 is 4.90 Å². The highest BCUT2D eigenvalue weighted by molar-refractivity contribution is 6.21. The Morgan fingerprint density at radius 2 is 0.685 bits per heavy atom. The molecule has 1 heterocycles. The predicted molar refractivity (Wildman–Crippen MR) is 556 cm³/mol. The zero-order valence-corrected chi connectivity index (χ0v) is 81.2. The number of rotatable bonds is 36. The fraction of sp³-hybridized carbons (Fsp3) is 0.438. The molecule has 0 aliphatic heterocycles. The van der Waals surface area contributed by atoms with E-state index in [1.807, 2.05) is 0 Å². The number of hydrogen-bond donors (Lipinski definition) is 0. The van der Waals surface area contributed by atoms with Gasteiger partial charge in [-0.25, -0.2) is 0 Å². The summed E-state index contributed by atoms with van der Waals surface area (Å²) in [6, 6.07) is 87.4. The highest BCUT2D eigenvalue weighted by atomic mass is 16.3. The van der Waals surface area contributed by atoms with Gasteiger partial charge in [0.25, 0.3) is 0 Å². The van der Waals surface area contributed by atoms with Crippen LogP contribution in [0.15, 0.2) is 217 Å². The van der Waals surface area contributed by atoms with Crippen LogP contribution in [-0.4, -0.2) is 0 Å². The minimum absolute atomic E-state index is 0.0121. The van der Waals surface area contributed by atoms with Crippen molar-refractivity contribution in [2.45, 2.75) is 353 Å². The van der Waals surface area contributed by atoms with E-state index in [0.717, 1.165) is 30.4 Å². The van der Waals surface area contributed by atoms with Gasteiger partial charge in [-0.15, -0.1) is 0 Å². The van der Waals surface area contributed by atoms with E-state index in [0.29, 0.717) is 0 Å². The van der Waals surface area contributed by atoms with Crippen LogP contribution in [0.25, 0.3) is 111 Å². The van der Waals surface area contributed by atoms with Crippen LogP contribution in [0.4, 0.5) is 17.1 Å². The molecular weight excluding hydrogens is 1570 g/mol. The molecular formula is C128H145NO. The highest BCUT2D eigenvalue weighted by Crippen LogP contribution is 2.71. The lowest BCUT2D eigenvalue weighted by Crippen LogP contribution is -2.32. The minimum Gasteiger partial charge on any atom is -0.455 e. The molecule has 21 rings (SSSR count). The molecule has 0 fully saturated rings. The van der Waals surface area contributed by atoms with Crippen molar-refractivity contribution in [2.75, 3.05) is 4.90 Å². The summed E-state index contributed by atoms with van der Waals surface area (Å²) in [4.78, 5) is 2.78. The summed E-state index contributed by atoms with van der Waals surface area (Å²) in [5.41, 5.74) is 48.6. The van der Waals surface area contributed by atoms with Gasteiger partial charge < -0.3 is 9.32 Å². The van der Waals surface area contributed by atoms with E-state index in [4.69, 9.17) is 4.42 Å². The van der Waals surface area contributed by atoms with Gasteiger partial charge in [0.2, 0.25) is 0 Å². The second-order valence-electron chi connectivity index (χ2n) is 43.9. The third-order valence-corrected chi connectivity index (χ3v) is 35.3. The van der Waals surface area contributed by atoms with E-state index in [2.05, 4.69) is 300 Å². The Bertz CT molecular complexity index is 6490. The van der Waals surface area contributed by atoms with Crippen molar-refractivity contribution in [1.29, 1.82) is 0 Å². The Hall–Kier alpha value is -9.76. The fourth-order valence-corrected chi connectivity index (χ4v) is 28.3. The van der Waals surface area contributed by atoms with Crippen molar-refractivity contribution < 1.29 is 4.42 Å². The molecule has 0 amide bonds. The summed E-state index contributed by atoms with van der Waals surface area (Å²) in [5, 5.41) is 2.62. The molecule has 8 aliphatic carbocycles. The van der Waals surface area contributed by atoms with Gasteiger partial charge in [-0.05, 0) is 304 Å². The largest absolute Gasteiger partial charge is 0.455 e. The maximum absolute atomic E-state index is 7.82. The van der Waals surface area contributed by atoms with E-state index >= 15 is 0 Å². The number of nitrogens with zero attached hydrogens (tertiary/aromatic N) is 1. The maximum atomic E-state index is 7.82. The molecule has 2 unspecified atom stereocenters. The van der Waals surface area contributed by atoms with Crippen molar-refractivity contribution in [2.24, 2.45) is 5.41 Å². The Kier molecular flexibility index (Phi) is 23.2. The van der Waals surface area contributed by atoms with Crippen LogP contribution in [0.2, 0.25) is 0 Å². The summed E-state index contributed by atoms with van der Waals surface area (Å²) >= 11 is 0. The molecule has 0 bridgehead atoms. The van der Waals surface area contributed by atoms with Gasteiger partial charge >= 0.3 is 0 Å². The van der Waals surface area contributed by atoms with Crippen molar-refractivity contribution in [3.05, 3.63) is 290 Å². The van der Waals surface area contributed by atoms with Crippen molar-refractivity contribution in [3.8, 4) is 89.0 Å². The third kappa shape index (κ3) is 13.9. The first kappa shape index (κ1) is 86.9. The number of anilines is 3. The second kappa shape index (κ2) is 34.7. The van der Waals surface area contributed by atoms with Crippen molar-refractivity contribution in [1.82, 2.24) is 0 Å². The molecule has 0 N–H and O–H groups in total. The summed E-state index contributed by atoms with van der Waals surface area (Å²) in [7, 11) is 0. The van der Waals surface area contributed by atoms with Gasteiger partial charge in [-0.1, -0.05) is 396 Å². The molecule has 13 aromatic rings. The van der Waals surface area contributed by atoms with Gasteiger partial charge in [0.05, 0.1) is 0 Å². The molecule has 0 saturated heterocycles. The van der Waals surface area contributed by atoms with Gasteiger partial charge in [0.1, 0.15) is 11.2 Å². The standard InChI is InChI=1S/C128H145NO/c1-13-19-25-29-43-69-126(70-44-30-26-20-14-2)103-52-38-35-49-93(103)96-62-56-86(79-111(96)126)85-55-61-94-95-63-58-89(80-107(95)123(9,10)106(94)78-85)129(90-59-64-97-101-83-110-102(84-109(101)124(11,12)108(97)81-90)115-105(122(110,7)8)66-57-88-77-87-47-33-34-48-92(87)114(88)115)91-60-65-99-112(82-91)128(72-46-32-28-22-16-4)76-74-125(67-41-23-17-5,68-42-24-18-6)73-75-127(71-45-31-27-21-15-3)104-53-39-36-50-98(104)116-117-100-51-37-40-54-113(100)130-121(117)118(99)120(128)119(116)127/h33-40,47-66,78-84H,13-32,41-46,67-77H2,1-12H3. The Labute approximate surface area is 780 Å². The lowest BCUT2D eigenvalue weighted by Gasteiger charge is -2.40. The van der Waals surface area contributed by atoms with Crippen molar-refractivity contribution >= 4 is 39.0 Å². The lowest BCUT2D eigenvalue weighted by atomic mass is 9.64. The van der Waals surface area contributed by atoms with Gasteiger partial charge in [-0.2, -0.15) is 0 Å².